The first-order chi connectivity index (χ1) is 5.83. The predicted molar refractivity (Wildman–Crippen MR) is 51.1 cm³/mol. The first-order valence-corrected chi connectivity index (χ1v) is 4.84. The SMILES string of the molecule is C=C(CCO)CC1CCCCN1. The minimum atomic E-state index is 0.242. The average Bonchev–Trinajstić information content (AvgIpc) is 2.06. The molecule has 0 saturated carbocycles. The highest BCUT2D eigenvalue weighted by atomic mass is 16.2. The Bertz CT molecular complexity index is 139. The van der Waals surface area contributed by atoms with Gasteiger partial charge in [0.2, 0.25) is 0 Å². The summed E-state index contributed by atoms with van der Waals surface area (Å²) in [5.74, 6) is 0. The van der Waals surface area contributed by atoms with Crippen molar-refractivity contribution in [3.63, 3.8) is 0 Å². The molecule has 2 nitrogen and oxygen atoms in total. The number of aliphatic hydroxyl groups is 1. The second kappa shape index (κ2) is 5.33. The second-order valence-corrected chi connectivity index (χ2v) is 3.57. The van der Waals surface area contributed by atoms with Crippen LogP contribution in [0.1, 0.15) is 32.1 Å². The molecule has 1 fully saturated rings. The molecular formula is C10H19NO. The fourth-order valence-corrected chi connectivity index (χ4v) is 1.71. The maximum absolute atomic E-state index is 8.68. The monoisotopic (exact) mass is 169 g/mol. The van der Waals surface area contributed by atoms with Crippen LogP contribution < -0.4 is 5.32 Å². The lowest BCUT2D eigenvalue weighted by Crippen LogP contribution is -2.34. The summed E-state index contributed by atoms with van der Waals surface area (Å²) in [7, 11) is 0. The Morgan fingerprint density at radius 1 is 1.50 bits per heavy atom. The van der Waals surface area contributed by atoms with E-state index in [0.29, 0.717) is 6.04 Å². The summed E-state index contributed by atoms with van der Waals surface area (Å²) < 4.78 is 0. The molecule has 0 bridgehead atoms. The summed E-state index contributed by atoms with van der Waals surface area (Å²) in [6.45, 7) is 5.33. The Kier molecular flexibility index (Phi) is 4.33. The van der Waals surface area contributed by atoms with Gasteiger partial charge in [-0.15, -0.1) is 0 Å². The van der Waals surface area contributed by atoms with Crippen molar-refractivity contribution in [3.8, 4) is 0 Å². The van der Waals surface area contributed by atoms with E-state index in [1.165, 1.54) is 24.8 Å². The van der Waals surface area contributed by atoms with Crippen LogP contribution in [0.3, 0.4) is 0 Å². The van der Waals surface area contributed by atoms with Crippen LogP contribution in [0, 0.1) is 0 Å². The zero-order chi connectivity index (χ0) is 8.81. The van der Waals surface area contributed by atoms with Gasteiger partial charge in [0.25, 0.3) is 0 Å². The van der Waals surface area contributed by atoms with Gasteiger partial charge in [0.15, 0.2) is 0 Å². The van der Waals surface area contributed by atoms with Crippen molar-refractivity contribution in [2.75, 3.05) is 13.2 Å². The minimum absolute atomic E-state index is 0.242. The van der Waals surface area contributed by atoms with E-state index >= 15 is 0 Å². The Morgan fingerprint density at radius 3 is 2.92 bits per heavy atom. The van der Waals surface area contributed by atoms with Crippen LogP contribution in [-0.2, 0) is 0 Å². The molecule has 12 heavy (non-hydrogen) atoms. The molecule has 2 N–H and O–H groups in total. The molecule has 1 rings (SSSR count). The van der Waals surface area contributed by atoms with Gasteiger partial charge in [-0.3, -0.25) is 0 Å². The smallest absolute Gasteiger partial charge is 0.0468 e. The molecule has 2 heteroatoms. The number of nitrogens with one attached hydrogen (secondary N) is 1. The molecule has 0 amide bonds. The number of aliphatic hydroxyl groups excluding tert-OH is 1. The summed E-state index contributed by atoms with van der Waals surface area (Å²) in [5.41, 5.74) is 1.18. The number of piperidine rings is 1. The number of hydrogen-bond acceptors (Lipinski definition) is 2. The Balaban J connectivity index is 2.15. The van der Waals surface area contributed by atoms with Gasteiger partial charge in [-0.1, -0.05) is 18.6 Å². The highest BCUT2D eigenvalue weighted by molar-refractivity contribution is 4.98. The van der Waals surface area contributed by atoms with Gasteiger partial charge in [0.05, 0.1) is 0 Å². The van der Waals surface area contributed by atoms with Gasteiger partial charge in [-0.25, -0.2) is 0 Å². The van der Waals surface area contributed by atoms with Crippen LogP contribution >= 0.6 is 0 Å². The molecule has 0 aromatic rings. The standard InChI is InChI=1S/C10H19NO/c1-9(5-7-12)8-10-4-2-3-6-11-10/h10-12H,1-8H2. The molecule has 70 valence electrons. The average molecular weight is 169 g/mol. The van der Waals surface area contributed by atoms with Crippen molar-refractivity contribution >= 4 is 0 Å². The Hall–Kier alpha value is -0.340. The van der Waals surface area contributed by atoms with Crippen molar-refractivity contribution in [2.24, 2.45) is 0 Å². The van der Waals surface area contributed by atoms with Gasteiger partial charge in [0, 0.05) is 12.6 Å². The fraction of sp³-hybridized carbons (Fsp3) is 0.800. The highest BCUT2D eigenvalue weighted by Gasteiger charge is 2.12. The molecule has 1 saturated heterocycles. The molecule has 0 aromatic heterocycles. The zero-order valence-electron chi connectivity index (χ0n) is 7.68. The maximum atomic E-state index is 8.68. The van der Waals surface area contributed by atoms with E-state index in [2.05, 4.69) is 11.9 Å². The van der Waals surface area contributed by atoms with E-state index in [1.54, 1.807) is 0 Å². The van der Waals surface area contributed by atoms with E-state index in [-0.39, 0.29) is 6.61 Å². The van der Waals surface area contributed by atoms with Crippen LogP contribution in [-0.4, -0.2) is 24.3 Å². The van der Waals surface area contributed by atoms with Gasteiger partial charge >= 0.3 is 0 Å². The maximum Gasteiger partial charge on any atom is 0.0468 e. The molecule has 1 aliphatic heterocycles. The normalized spacial score (nSPS) is 23.9. The molecule has 1 unspecified atom stereocenters. The largest absolute Gasteiger partial charge is 0.396 e. The van der Waals surface area contributed by atoms with Crippen molar-refractivity contribution < 1.29 is 5.11 Å². The lowest BCUT2D eigenvalue weighted by atomic mass is 9.97. The van der Waals surface area contributed by atoms with E-state index in [1.807, 2.05) is 0 Å². The van der Waals surface area contributed by atoms with Gasteiger partial charge < -0.3 is 10.4 Å². The van der Waals surface area contributed by atoms with Crippen molar-refractivity contribution in [2.45, 2.75) is 38.1 Å². The Morgan fingerprint density at radius 2 is 2.33 bits per heavy atom. The number of hydrogen-bond donors (Lipinski definition) is 2. The molecule has 1 heterocycles. The van der Waals surface area contributed by atoms with Gasteiger partial charge in [-0.05, 0) is 32.2 Å². The zero-order valence-corrected chi connectivity index (χ0v) is 7.68. The molecule has 1 aliphatic rings. The third-order valence-electron chi connectivity index (χ3n) is 2.41. The summed E-state index contributed by atoms with van der Waals surface area (Å²) in [5, 5.41) is 12.2. The molecule has 0 aliphatic carbocycles. The predicted octanol–water partition coefficient (Wildman–Crippen LogP) is 1.46. The third kappa shape index (κ3) is 3.37. The third-order valence-corrected chi connectivity index (χ3v) is 2.41. The van der Waals surface area contributed by atoms with Gasteiger partial charge in [-0.2, -0.15) is 0 Å². The molecule has 0 radical (unpaired) electrons. The molecule has 0 spiro atoms. The summed E-state index contributed by atoms with van der Waals surface area (Å²) in [6, 6.07) is 0.623. The number of rotatable bonds is 4. The van der Waals surface area contributed by atoms with Crippen molar-refractivity contribution in [3.05, 3.63) is 12.2 Å². The molecule has 0 aromatic carbocycles. The van der Waals surface area contributed by atoms with Crippen molar-refractivity contribution in [1.82, 2.24) is 5.32 Å². The summed E-state index contributed by atoms with van der Waals surface area (Å²) in [4.78, 5) is 0. The van der Waals surface area contributed by atoms with Crippen molar-refractivity contribution in [1.29, 1.82) is 0 Å². The lowest BCUT2D eigenvalue weighted by molar-refractivity contribution is 0.295. The van der Waals surface area contributed by atoms with Crippen LogP contribution in [0.15, 0.2) is 12.2 Å². The molecule has 1 atom stereocenters. The topological polar surface area (TPSA) is 32.3 Å². The Labute approximate surface area is 74.7 Å². The highest BCUT2D eigenvalue weighted by Crippen LogP contribution is 2.15. The van der Waals surface area contributed by atoms with E-state index in [0.717, 1.165) is 19.4 Å². The minimum Gasteiger partial charge on any atom is -0.396 e. The van der Waals surface area contributed by atoms with Crippen LogP contribution in [0.5, 0.6) is 0 Å². The van der Waals surface area contributed by atoms with E-state index in [9.17, 15) is 0 Å². The molecular weight excluding hydrogens is 150 g/mol. The van der Waals surface area contributed by atoms with Crippen LogP contribution in [0.4, 0.5) is 0 Å². The quantitative estimate of drug-likeness (QED) is 0.624. The first kappa shape index (κ1) is 9.75. The second-order valence-electron chi connectivity index (χ2n) is 3.57. The van der Waals surface area contributed by atoms with Crippen LogP contribution in [0.25, 0.3) is 0 Å². The first-order valence-electron chi connectivity index (χ1n) is 4.84. The van der Waals surface area contributed by atoms with Crippen LogP contribution in [0.2, 0.25) is 0 Å². The van der Waals surface area contributed by atoms with Gasteiger partial charge in [0.1, 0.15) is 0 Å². The lowest BCUT2D eigenvalue weighted by Gasteiger charge is -2.23. The fourth-order valence-electron chi connectivity index (χ4n) is 1.71. The van der Waals surface area contributed by atoms with E-state index < -0.39 is 0 Å². The summed E-state index contributed by atoms with van der Waals surface area (Å²) in [6.07, 6.45) is 5.72. The summed E-state index contributed by atoms with van der Waals surface area (Å²) >= 11 is 0. The van der Waals surface area contributed by atoms with E-state index in [4.69, 9.17) is 5.11 Å².